The molecule has 2 N–H and O–H groups in total. The Kier molecular flexibility index (Phi) is 5.08. The van der Waals surface area contributed by atoms with E-state index in [0.717, 1.165) is 22.6 Å². The highest BCUT2D eigenvalue weighted by molar-refractivity contribution is 5.88. The number of carbonyl (C=O) groups excluding carboxylic acids is 1. The van der Waals surface area contributed by atoms with Crippen LogP contribution in [0.15, 0.2) is 30.3 Å². The molecule has 2 aromatic rings. The molecule has 0 unspecified atom stereocenters. The monoisotopic (exact) mass is 357 g/mol. The van der Waals surface area contributed by atoms with Crippen LogP contribution in [0.4, 0.5) is 0 Å². The summed E-state index contributed by atoms with van der Waals surface area (Å²) in [7, 11) is 0. The Morgan fingerprint density at radius 1 is 1.23 bits per heavy atom. The first kappa shape index (κ1) is 18.1. The van der Waals surface area contributed by atoms with Gasteiger partial charge in [0.2, 0.25) is 5.91 Å². The van der Waals surface area contributed by atoms with Gasteiger partial charge in [0.25, 0.3) is 0 Å². The second-order valence-electron chi connectivity index (χ2n) is 6.62. The molecule has 138 valence electrons. The minimum atomic E-state index is -1.24. The topological polar surface area (TPSA) is 93.5 Å². The molecular formula is C19H23N3O4. The van der Waals surface area contributed by atoms with Gasteiger partial charge in [-0.2, -0.15) is 5.10 Å². The predicted molar refractivity (Wildman–Crippen MR) is 95.3 cm³/mol. The number of nitrogens with zero attached hydrogens (tertiary/aromatic N) is 2. The summed E-state index contributed by atoms with van der Waals surface area (Å²) < 4.78 is 7.04. The van der Waals surface area contributed by atoms with Gasteiger partial charge in [-0.1, -0.05) is 18.2 Å². The number of rotatable bonds is 5. The van der Waals surface area contributed by atoms with Gasteiger partial charge in [0.15, 0.2) is 0 Å². The van der Waals surface area contributed by atoms with E-state index in [1.54, 1.807) is 4.68 Å². The molecule has 7 heteroatoms. The van der Waals surface area contributed by atoms with Gasteiger partial charge in [-0.15, -0.1) is 0 Å². The summed E-state index contributed by atoms with van der Waals surface area (Å²) in [4.78, 5) is 24.3. The van der Waals surface area contributed by atoms with Crippen molar-refractivity contribution in [1.82, 2.24) is 15.1 Å². The first-order valence-electron chi connectivity index (χ1n) is 8.65. The van der Waals surface area contributed by atoms with Crippen LogP contribution in [0.1, 0.15) is 29.8 Å². The van der Waals surface area contributed by atoms with Crippen LogP contribution < -0.4 is 5.32 Å². The van der Waals surface area contributed by atoms with Crippen LogP contribution in [-0.2, 0) is 20.7 Å². The number of benzene rings is 1. The molecule has 1 amide bonds. The Hall–Kier alpha value is -2.67. The molecule has 0 spiro atoms. The first-order valence-corrected chi connectivity index (χ1v) is 8.65. The number of aryl methyl sites for hydroxylation is 1. The Morgan fingerprint density at radius 2 is 1.88 bits per heavy atom. The molecule has 2 heterocycles. The number of aromatic nitrogens is 2. The third-order valence-corrected chi connectivity index (χ3v) is 4.91. The SMILES string of the molecule is Cc1nn(-c2ccccc2)c(C)c1CC(=O)NC1(C(=O)O)CCOCC1. The lowest BCUT2D eigenvalue weighted by Crippen LogP contribution is -2.57. The minimum Gasteiger partial charge on any atom is -0.480 e. The molecule has 0 saturated carbocycles. The van der Waals surface area contributed by atoms with Crippen molar-refractivity contribution < 1.29 is 19.4 Å². The fraction of sp³-hybridized carbons (Fsp3) is 0.421. The molecule has 0 atom stereocenters. The van der Waals surface area contributed by atoms with E-state index in [-0.39, 0.29) is 25.2 Å². The maximum Gasteiger partial charge on any atom is 0.329 e. The van der Waals surface area contributed by atoms with Crippen molar-refractivity contribution in [2.45, 2.75) is 38.6 Å². The minimum absolute atomic E-state index is 0.0976. The van der Waals surface area contributed by atoms with Gasteiger partial charge in [0.05, 0.1) is 17.8 Å². The normalized spacial score (nSPS) is 16.2. The highest BCUT2D eigenvalue weighted by atomic mass is 16.5. The van der Waals surface area contributed by atoms with Crippen LogP contribution >= 0.6 is 0 Å². The Morgan fingerprint density at radius 3 is 2.50 bits per heavy atom. The number of hydrogen-bond donors (Lipinski definition) is 2. The standard InChI is InChI=1S/C19H23N3O4/c1-13-16(14(2)22(21-13)15-6-4-3-5-7-15)12-17(23)20-19(18(24)25)8-10-26-11-9-19/h3-7H,8-12H2,1-2H3,(H,20,23)(H,24,25). The summed E-state index contributed by atoms with van der Waals surface area (Å²) in [5.74, 6) is -1.32. The fourth-order valence-corrected chi connectivity index (χ4v) is 3.34. The van der Waals surface area contributed by atoms with Gasteiger partial charge in [0, 0.05) is 37.3 Å². The van der Waals surface area contributed by atoms with Crippen molar-refractivity contribution in [2.75, 3.05) is 13.2 Å². The van der Waals surface area contributed by atoms with Crippen molar-refractivity contribution in [3.8, 4) is 5.69 Å². The Labute approximate surface area is 152 Å². The van der Waals surface area contributed by atoms with Crippen LogP contribution in [0.3, 0.4) is 0 Å². The predicted octanol–water partition coefficient (Wildman–Crippen LogP) is 1.78. The molecular weight excluding hydrogens is 334 g/mol. The van der Waals surface area contributed by atoms with E-state index in [0.29, 0.717) is 13.2 Å². The lowest BCUT2D eigenvalue weighted by molar-refractivity contribution is -0.152. The second-order valence-corrected chi connectivity index (χ2v) is 6.62. The number of nitrogens with one attached hydrogen (secondary N) is 1. The zero-order chi connectivity index (χ0) is 18.7. The van der Waals surface area contributed by atoms with Crippen molar-refractivity contribution >= 4 is 11.9 Å². The smallest absolute Gasteiger partial charge is 0.329 e. The molecule has 1 saturated heterocycles. The van der Waals surface area contributed by atoms with E-state index >= 15 is 0 Å². The fourth-order valence-electron chi connectivity index (χ4n) is 3.34. The number of aliphatic carboxylic acids is 1. The third-order valence-electron chi connectivity index (χ3n) is 4.91. The van der Waals surface area contributed by atoms with Crippen LogP contribution in [0, 0.1) is 13.8 Å². The molecule has 1 aliphatic rings. The molecule has 0 bridgehead atoms. The highest BCUT2D eigenvalue weighted by Gasteiger charge is 2.41. The van der Waals surface area contributed by atoms with Gasteiger partial charge in [0.1, 0.15) is 5.54 Å². The number of carbonyl (C=O) groups is 2. The van der Waals surface area contributed by atoms with E-state index in [9.17, 15) is 14.7 Å². The van der Waals surface area contributed by atoms with Crippen molar-refractivity contribution in [2.24, 2.45) is 0 Å². The average Bonchev–Trinajstić information content (AvgIpc) is 2.91. The molecule has 26 heavy (non-hydrogen) atoms. The summed E-state index contributed by atoms with van der Waals surface area (Å²) in [5.41, 5.74) is 2.13. The van der Waals surface area contributed by atoms with Gasteiger partial charge in [-0.25, -0.2) is 9.48 Å². The van der Waals surface area contributed by atoms with Gasteiger partial charge in [-0.05, 0) is 26.0 Å². The molecule has 1 aliphatic heterocycles. The number of carboxylic acids is 1. The number of carboxylic acid groups (broad SMARTS) is 1. The van der Waals surface area contributed by atoms with Crippen LogP contribution in [0.2, 0.25) is 0 Å². The van der Waals surface area contributed by atoms with Crippen LogP contribution in [0.5, 0.6) is 0 Å². The van der Waals surface area contributed by atoms with Crippen molar-refractivity contribution in [1.29, 1.82) is 0 Å². The van der Waals surface area contributed by atoms with E-state index in [1.165, 1.54) is 0 Å². The lowest BCUT2D eigenvalue weighted by atomic mass is 9.89. The largest absolute Gasteiger partial charge is 0.480 e. The zero-order valence-electron chi connectivity index (χ0n) is 15.0. The van der Waals surface area contributed by atoms with Crippen LogP contribution in [0.25, 0.3) is 5.69 Å². The summed E-state index contributed by atoms with van der Waals surface area (Å²) in [5, 5.41) is 16.8. The summed E-state index contributed by atoms with van der Waals surface area (Å²) in [6, 6.07) is 9.69. The molecule has 1 fully saturated rings. The number of ether oxygens (including phenoxy) is 1. The van der Waals surface area contributed by atoms with E-state index < -0.39 is 11.5 Å². The number of hydrogen-bond acceptors (Lipinski definition) is 4. The molecule has 0 radical (unpaired) electrons. The maximum atomic E-state index is 12.6. The van der Waals surface area contributed by atoms with E-state index in [1.807, 2.05) is 44.2 Å². The van der Waals surface area contributed by atoms with E-state index in [2.05, 4.69) is 10.4 Å². The van der Waals surface area contributed by atoms with Gasteiger partial charge >= 0.3 is 5.97 Å². The Balaban J connectivity index is 1.79. The van der Waals surface area contributed by atoms with Crippen LogP contribution in [-0.4, -0.2) is 45.5 Å². The first-order chi connectivity index (χ1) is 12.4. The average molecular weight is 357 g/mol. The molecule has 0 aliphatic carbocycles. The van der Waals surface area contributed by atoms with Crippen molar-refractivity contribution in [3.63, 3.8) is 0 Å². The Bertz CT molecular complexity index is 808. The third kappa shape index (κ3) is 3.48. The molecule has 1 aromatic heterocycles. The second kappa shape index (κ2) is 7.29. The molecule has 3 rings (SSSR count). The lowest BCUT2D eigenvalue weighted by Gasteiger charge is -2.33. The van der Waals surface area contributed by atoms with E-state index in [4.69, 9.17) is 4.74 Å². The van der Waals surface area contributed by atoms with Gasteiger partial charge < -0.3 is 15.2 Å². The summed E-state index contributed by atoms with van der Waals surface area (Å²) >= 11 is 0. The number of para-hydroxylation sites is 1. The van der Waals surface area contributed by atoms with Crippen molar-refractivity contribution in [3.05, 3.63) is 47.3 Å². The van der Waals surface area contributed by atoms with Gasteiger partial charge in [-0.3, -0.25) is 4.79 Å². The highest BCUT2D eigenvalue weighted by Crippen LogP contribution is 2.23. The zero-order valence-corrected chi connectivity index (χ0v) is 15.0. The summed E-state index contributed by atoms with van der Waals surface area (Å²) in [6.07, 6.45) is 0.644. The molecule has 7 nitrogen and oxygen atoms in total. The summed E-state index contributed by atoms with van der Waals surface area (Å²) in [6.45, 7) is 4.43. The maximum absolute atomic E-state index is 12.6. The molecule has 1 aromatic carbocycles. The quantitative estimate of drug-likeness (QED) is 0.851. The number of amides is 1.